The second-order valence-electron chi connectivity index (χ2n) is 2.88. The van der Waals surface area contributed by atoms with Gasteiger partial charge in [-0.1, -0.05) is 0 Å². The molecule has 2 aromatic heterocycles. The molecule has 2 rings (SSSR count). The molecular weight excluding hydrogens is 182 g/mol. The summed E-state index contributed by atoms with van der Waals surface area (Å²) in [5, 5.41) is 15.8. The van der Waals surface area contributed by atoms with Crippen LogP contribution in [0.1, 0.15) is 11.5 Å². The predicted molar refractivity (Wildman–Crippen MR) is 48.0 cm³/mol. The van der Waals surface area contributed by atoms with Gasteiger partial charge in [0, 0.05) is 12.7 Å². The van der Waals surface area contributed by atoms with Crippen LogP contribution in [0.3, 0.4) is 0 Å². The second-order valence-corrected chi connectivity index (χ2v) is 2.88. The van der Waals surface area contributed by atoms with Crippen molar-refractivity contribution in [1.29, 1.82) is 0 Å². The highest BCUT2D eigenvalue weighted by Gasteiger charge is 2.05. The van der Waals surface area contributed by atoms with Gasteiger partial charge in [0.2, 0.25) is 0 Å². The van der Waals surface area contributed by atoms with Crippen LogP contribution < -0.4 is 5.73 Å². The van der Waals surface area contributed by atoms with E-state index < -0.39 is 0 Å². The quantitative estimate of drug-likeness (QED) is 0.669. The fourth-order valence-corrected chi connectivity index (χ4v) is 1.20. The fraction of sp³-hybridized carbons (Fsp3) is 0.429. The molecule has 14 heavy (non-hydrogen) atoms. The molecule has 0 saturated carbocycles. The third kappa shape index (κ3) is 1.62. The Kier molecular flexibility index (Phi) is 2.23. The highest BCUT2D eigenvalue weighted by Crippen LogP contribution is 1.99. The lowest BCUT2D eigenvalue weighted by atomic mass is 10.4. The molecule has 2 aromatic rings. The van der Waals surface area contributed by atoms with E-state index in [0.717, 1.165) is 5.69 Å². The molecule has 7 heteroatoms. The lowest BCUT2D eigenvalue weighted by Crippen LogP contribution is -2.10. The molecule has 0 unspecified atom stereocenters. The smallest absolute Gasteiger partial charge is 0.196 e. The third-order valence-electron chi connectivity index (χ3n) is 1.85. The number of aromatic nitrogens is 6. The van der Waals surface area contributed by atoms with E-state index in [4.69, 9.17) is 5.73 Å². The molecule has 0 atom stereocenters. The first kappa shape index (κ1) is 8.82. The van der Waals surface area contributed by atoms with Gasteiger partial charge in [0.25, 0.3) is 0 Å². The molecule has 74 valence electrons. The second kappa shape index (κ2) is 3.54. The summed E-state index contributed by atoms with van der Waals surface area (Å²) in [4.78, 5) is 1.42. The van der Waals surface area contributed by atoms with Gasteiger partial charge in [-0.2, -0.15) is 9.90 Å². The van der Waals surface area contributed by atoms with Crippen molar-refractivity contribution in [2.24, 2.45) is 12.8 Å². The van der Waals surface area contributed by atoms with Crippen molar-refractivity contribution in [2.45, 2.75) is 13.1 Å². The van der Waals surface area contributed by atoms with Gasteiger partial charge in [-0.25, -0.2) is 0 Å². The topological polar surface area (TPSA) is 87.4 Å². The maximum Gasteiger partial charge on any atom is 0.196 e. The Hall–Kier alpha value is -1.76. The maximum atomic E-state index is 5.53. The van der Waals surface area contributed by atoms with Crippen LogP contribution in [0.5, 0.6) is 0 Å². The highest BCUT2D eigenvalue weighted by molar-refractivity contribution is 5.01. The van der Waals surface area contributed by atoms with Gasteiger partial charge in [-0.05, 0) is 11.3 Å². The van der Waals surface area contributed by atoms with E-state index >= 15 is 0 Å². The molecule has 0 spiro atoms. The summed E-state index contributed by atoms with van der Waals surface area (Å²) in [6.45, 7) is 0.966. The standard InChI is InChI=1S/C7H11N7/c1-13-11-7(10-12-13)5-14-6(4-8)2-3-9-14/h2-3H,4-5,8H2,1H3. The van der Waals surface area contributed by atoms with Crippen LogP contribution in [0.2, 0.25) is 0 Å². The third-order valence-corrected chi connectivity index (χ3v) is 1.85. The van der Waals surface area contributed by atoms with Crippen LogP contribution >= 0.6 is 0 Å². The largest absolute Gasteiger partial charge is 0.325 e. The van der Waals surface area contributed by atoms with E-state index in [0.29, 0.717) is 18.9 Å². The van der Waals surface area contributed by atoms with Crippen LogP contribution in [0.15, 0.2) is 12.3 Å². The van der Waals surface area contributed by atoms with Crippen LogP contribution in [-0.2, 0) is 20.1 Å². The van der Waals surface area contributed by atoms with Gasteiger partial charge in [0.15, 0.2) is 5.82 Å². The van der Waals surface area contributed by atoms with Crippen molar-refractivity contribution in [3.05, 3.63) is 23.8 Å². The molecule has 0 amide bonds. The number of hydrogen-bond donors (Lipinski definition) is 1. The van der Waals surface area contributed by atoms with Crippen molar-refractivity contribution < 1.29 is 0 Å². The molecule has 0 radical (unpaired) electrons. The number of aryl methyl sites for hydroxylation is 1. The van der Waals surface area contributed by atoms with E-state index in [1.165, 1.54) is 4.80 Å². The van der Waals surface area contributed by atoms with Crippen LogP contribution in [0, 0.1) is 0 Å². The number of nitrogens with zero attached hydrogens (tertiary/aromatic N) is 6. The first-order valence-corrected chi connectivity index (χ1v) is 4.23. The Bertz CT molecular complexity index is 415. The molecule has 0 bridgehead atoms. The lowest BCUT2D eigenvalue weighted by Gasteiger charge is -2.00. The SMILES string of the molecule is Cn1nnc(Cn2nccc2CN)n1. The zero-order valence-electron chi connectivity index (χ0n) is 7.83. The summed E-state index contributed by atoms with van der Waals surface area (Å²) in [7, 11) is 1.73. The first-order chi connectivity index (χ1) is 6.79. The molecule has 2 heterocycles. The van der Waals surface area contributed by atoms with Crippen molar-refractivity contribution >= 4 is 0 Å². The summed E-state index contributed by atoms with van der Waals surface area (Å²) in [5.74, 6) is 0.630. The Morgan fingerprint density at radius 1 is 1.50 bits per heavy atom. The van der Waals surface area contributed by atoms with Crippen molar-refractivity contribution in [3.8, 4) is 0 Å². The summed E-state index contributed by atoms with van der Waals surface area (Å²) in [5.41, 5.74) is 6.49. The summed E-state index contributed by atoms with van der Waals surface area (Å²) in [6.07, 6.45) is 1.71. The molecule has 0 aliphatic heterocycles. The molecule has 0 saturated heterocycles. The Balaban J connectivity index is 2.18. The van der Waals surface area contributed by atoms with E-state index in [9.17, 15) is 0 Å². The van der Waals surface area contributed by atoms with E-state index in [1.807, 2.05) is 6.07 Å². The number of rotatable bonds is 3. The molecule has 2 N–H and O–H groups in total. The van der Waals surface area contributed by atoms with Crippen molar-refractivity contribution in [1.82, 2.24) is 30.0 Å². The van der Waals surface area contributed by atoms with Gasteiger partial charge in [-0.15, -0.1) is 10.2 Å². The number of tetrazole rings is 1. The average Bonchev–Trinajstić information content (AvgIpc) is 2.76. The van der Waals surface area contributed by atoms with E-state index in [1.54, 1.807) is 17.9 Å². The molecule has 0 aliphatic carbocycles. The first-order valence-electron chi connectivity index (χ1n) is 4.23. The zero-order valence-corrected chi connectivity index (χ0v) is 7.83. The summed E-state index contributed by atoms with van der Waals surface area (Å²) in [6, 6.07) is 1.87. The lowest BCUT2D eigenvalue weighted by molar-refractivity contribution is 0.605. The van der Waals surface area contributed by atoms with E-state index in [2.05, 4.69) is 20.5 Å². The molecule has 7 nitrogen and oxygen atoms in total. The molecule has 0 aromatic carbocycles. The fourth-order valence-electron chi connectivity index (χ4n) is 1.20. The van der Waals surface area contributed by atoms with Gasteiger partial charge in [0.1, 0.15) is 6.54 Å². The minimum absolute atomic E-state index is 0.459. The van der Waals surface area contributed by atoms with Gasteiger partial charge >= 0.3 is 0 Å². The normalized spacial score (nSPS) is 10.7. The Labute approximate surface area is 80.5 Å². The van der Waals surface area contributed by atoms with Gasteiger partial charge < -0.3 is 5.73 Å². The maximum absolute atomic E-state index is 5.53. The van der Waals surface area contributed by atoms with Crippen molar-refractivity contribution in [3.63, 3.8) is 0 Å². The predicted octanol–water partition coefficient (Wildman–Crippen LogP) is -1.09. The van der Waals surface area contributed by atoms with Crippen LogP contribution in [0.4, 0.5) is 0 Å². The summed E-state index contributed by atoms with van der Waals surface area (Å²) < 4.78 is 1.76. The molecule has 0 aliphatic rings. The Morgan fingerprint density at radius 2 is 2.36 bits per heavy atom. The van der Waals surface area contributed by atoms with E-state index in [-0.39, 0.29) is 0 Å². The van der Waals surface area contributed by atoms with Gasteiger partial charge in [0.05, 0.1) is 12.7 Å². The summed E-state index contributed by atoms with van der Waals surface area (Å²) >= 11 is 0. The minimum Gasteiger partial charge on any atom is -0.325 e. The minimum atomic E-state index is 0.459. The molecule has 0 fully saturated rings. The number of nitrogens with two attached hydrogens (primary N) is 1. The average molecular weight is 193 g/mol. The Morgan fingerprint density at radius 3 is 3.00 bits per heavy atom. The van der Waals surface area contributed by atoms with Crippen LogP contribution in [0.25, 0.3) is 0 Å². The van der Waals surface area contributed by atoms with Gasteiger partial charge in [-0.3, -0.25) is 4.68 Å². The zero-order chi connectivity index (χ0) is 9.97. The monoisotopic (exact) mass is 193 g/mol. The molecular formula is C7H11N7. The van der Waals surface area contributed by atoms with Crippen LogP contribution in [-0.4, -0.2) is 30.0 Å². The highest BCUT2D eigenvalue weighted by atomic mass is 15.6. The number of hydrogen-bond acceptors (Lipinski definition) is 5. The van der Waals surface area contributed by atoms with Crippen molar-refractivity contribution in [2.75, 3.05) is 0 Å².